The summed E-state index contributed by atoms with van der Waals surface area (Å²) in [6, 6.07) is 0. The van der Waals surface area contributed by atoms with E-state index in [1.165, 1.54) is 0 Å². The van der Waals surface area contributed by atoms with Gasteiger partial charge in [0.2, 0.25) is 0 Å². The van der Waals surface area contributed by atoms with Crippen LogP contribution < -0.4 is 5.73 Å². The highest BCUT2D eigenvalue weighted by Gasteiger charge is 2.19. The van der Waals surface area contributed by atoms with Gasteiger partial charge in [-0.05, 0) is 0 Å². The molecular formula is C8H7ClF2N2O. The van der Waals surface area contributed by atoms with E-state index in [-0.39, 0.29) is 22.8 Å². The summed E-state index contributed by atoms with van der Waals surface area (Å²) in [5, 5.41) is 0. The molecule has 0 unspecified atom stereocenters. The molecule has 0 radical (unpaired) electrons. The highest BCUT2D eigenvalue weighted by Crippen LogP contribution is 2.29. The van der Waals surface area contributed by atoms with Crippen LogP contribution >= 0.6 is 11.6 Å². The second-order valence-electron chi connectivity index (χ2n) is 2.54. The van der Waals surface area contributed by atoms with Crippen molar-refractivity contribution in [1.82, 2.24) is 4.98 Å². The number of rotatable bonds is 3. The van der Waals surface area contributed by atoms with E-state index >= 15 is 0 Å². The highest BCUT2D eigenvalue weighted by atomic mass is 35.5. The Morgan fingerprint density at radius 3 is 2.71 bits per heavy atom. The summed E-state index contributed by atoms with van der Waals surface area (Å²) in [7, 11) is 0. The second kappa shape index (κ2) is 4.32. The summed E-state index contributed by atoms with van der Waals surface area (Å²) in [6.45, 7) is 0. The number of anilines is 1. The fraction of sp³-hybridized carbons (Fsp3) is 0.250. The molecule has 0 aromatic carbocycles. The van der Waals surface area contributed by atoms with Gasteiger partial charge in [0.05, 0.1) is 29.0 Å². The Morgan fingerprint density at radius 2 is 2.29 bits per heavy atom. The lowest BCUT2D eigenvalue weighted by Gasteiger charge is -2.09. The van der Waals surface area contributed by atoms with Crippen molar-refractivity contribution in [3.63, 3.8) is 0 Å². The quantitative estimate of drug-likeness (QED) is 0.627. The molecule has 0 amide bonds. The first kappa shape index (κ1) is 10.8. The van der Waals surface area contributed by atoms with Gasteiger partial charge in [-0.3, -0.25) is 9.78 Å². The largest absolute Gasteiger partial charge is 0.397 e. The number of carbonyl (C=O) groups excluding carboxylic acids is 1. The van der Waals surface area contributed by atoms with Crippen LogP contribution in [0.4, 0.5) is 14.5 Å². The molecule has 0 fully saturated rings. The number of alkyl halides is 3. The van der Waals surface area contributed by atoms with Gasteiger partial charge >= 0.3 is 0 Å². The standard InChI is InChI=1S/C8H7ClF2N2O/c9-1-6-4(3-14)7(8(10)11)5(12)2-13-6/h2-3,8H,1,12H2. The molecule has 1 aromatic rings. The number of halogens is 3. The molecule has 1 aromatic heterocycles. The Kier molecular flexibility index (Phi) is 3.35. The number of hydrogen-bond acceptors (Lipinski definition) is 3. The average molecular weight is 221 g/mol. The lowest BCUT2D eigenvalue weighted by atomic mass is 10.1. The highest BCUT2D eigenvalue weighted by molar-refractivity contribution is 6.17. The molecule has 1 heterocycles. The van der Waals surface area contributed by atoms with E-state index in [4.69, 9.17) is 17.3 Å². The number of carbonyl (C=O) groups is 1. The Balaban J connectivity index is 3.42. The number of nitrogens with zero attached hydrogens (tertiary/aromatic N) is 1. The summed E-state index contributed by atoms with van der Waals surface area (Å²) in [6.07, 6.45) is -1.44. The molecule has 6 heteroatoms. The van der Waals surface area contributed by atoms with Gasteiger partial charge in [-0.1, -0.05) is 0 Å². The van der Waals surface area contributed by atoms with Gasteiger partial charge in [0.15, 0.2) is 6.29 Å². The lowest BCUT2D eigenvalue weighted by molar-refractivity contribution is 0.110. The van der Waals surface area contributed by atoms with E-state index in [1.54, 1.807) is 0 Å². The number of aromatic nitrogens is 1. The molecule has 0 bridgehead atoms. The maximum Gasteiger partial charge on any atom is 0.266 e. The summed E-state index contributed by atoms with van der Waals surface area (Å²) >= 11 is 5.43. The third kappa shape index (κ3) is 1.82. The molecule has 76 valence electrons. The molecule has 0 spiro atoms. The second-order valence-corrected chi connectivity index (χ2v) is 2.81. The monoisotopic (exact) mass is 220 g/mol. The number of hydrogen-bond donors (Lipinski definition) is 1. The SMILES string of the molecule is Nc1cnc(CCl)c(C=O)c1C(F)F. The maximum atomic E-state index is 12.5. The van der Waals surface area contributed by atoms with Crippen LogP contribution in [0.3, 0.4) is 0 Å². The molecule has 0 saturated heterocycles. The minimum Gasteiger partial charge on any atom is -0.397 e. The van der Waals surface area contributed by atoms with E-state index in [2.05, 4.69) is 4.98 Å². The predicted molar refractivity (Wildman–Crippen MR) is 48.6 cm³/mol. The fourth-order valence-electron chi connectivity index (χ4n) is 1.08. The summed E-state index contributed by atoms with van der Waals surface area (Å²) < 4.78 is 25.0. The van der Waals surface area contributed by atoms with Crippen molar-refractivity contribution >= 4 is 23.6 Å². The van der Waals surface area contributed by atoms with E-state index in [0.29, 0.717) is 6.29 Å². The lowest BCUT2D eigenvalue weighted by Crippen LogP contribution is -2.05. The smallest absolute Gasteiger partial charge is 0.266 e. The Bertz CT molecular complexity index is 357. The van der Waals surface area contributed by atoms with Crippen molar-refractivity contribution in [2.75, 3.05) is 5.73 Å². The first-order valence-electron chi connectivity index (χ1n) is 3.68. The Hall–Kier alpha value is -1.23. The van der Waals surface area contributed by atoms with Crippen LogP contribution in [0, 0.1) is 0 Å². The zero-order valence-corrected chi connectivity index (χ0v) is 7.76. The van der Waals surface area contributed by atoms with Crippen molar-refractivity contribution in [3.8, 4) is 0 Å². The average Bonchev–Trinajstić information content (AvgIpc) is 2.16. The van der Waals surface area contributed by atoms with Gasteiger partial charge in [-0.2, -0.15) is 0 Å². The van der Waals surface area contributed by atoms with Gasteiger partial charge in [0.1, 0.15) is 0 Å². The van der Waals surface area contributed by atoms with E-state index in [0.717, 1.165) is 6.20 Å². The summed E-state index contributed by atoms with van der Waals surface area (Å²) in [4.78, 5) is 14.3. The van der Waals surface area contributed by atoms with E-state index < -0.39 is 12.0 Å². The molecule has 2 N–H and O–H groups in total. The molecule has 14 heavy (non-hydrogen) atoms. The van der Waals surface area contributed by atoms with Gasteiger partial charge < -0.3 is 5.73 Å². The van der Waals surface area contributed by atoms with Crippen LogP contribution in [0.15, 0.2) is 6.20 Å². The summed E-state index contributed by atoms with van der Waals surface area (Å²) in [5.74, 6) is -0.103. The predicted octanol–water partition coefficient (Wildman–Crippen LogP) is 2.15. The molecular weight excluding hydrogens is 214 g/mol. The maximum absolute atomic E-state index is 12.5. The van der Waals surface area contributed by atoms with Crippen LogP contribution in [0.25, 0.3) is 0 Å². The zero-order valence-electron chi connectivity index (χ0n) is 7.01. The van der Waals surface area contributed by atoms with E-state index in [1.807, 2.05) is 0 Å². The van der Waals surface area contributed by atoms with Crippen molar-refractivity contribution in [2.45, 2.75) is 12.3 Å². The van der Waals surface area contributed by atoms with Crippen molar-refractivity contribution < 1.29 is 13.6 Å². The third-order valence-electron chi connectivity index (χ3n) is 1.73. The number of nitrogens with two attached hydrogens (primary N) is 1. The number of nitrogen functional groups attached to an aromatic ring is 1. The molecule has 0 aliphatic carbocycles. The van der Waals surface area contributed by atoms with Crippen molar-refractivity contribution in [3.05, 3.63) is 23.0 Å². The number of pyridine rings is 1. The molecule has 0 aliphatic heterocycles. The van der Waals surface area contributed by atoms with Crippen LogP contribution in [-0.2, 0) is 5.88 Å². The van der Waals surface area contributed by atoms with Crippen molar-refractivity contribution in [2.24, 2.45) is 0 Å². The van der Waals surface area contributed by atoms with Crippen LogP contribution in [0.5, 0.6) is 0 Å². The van der Waals surface area contributed by atoms with Crippen LogP contribution in [-0.4, -0.2) is 11.3 Å². The molecule has 0 atom stereocenters. The van der Waals surface area contributed by atoms with Crippen LogP contribution in [0.2, 0.25) is 0 Å². The van der Waals surface area contributed by atoms with Gasteiger partial charge in [0, 0.05) is 5.56 Å². The first-order chi connectivity index (χ1) is 6.61. The topological polar surface area (TPSA) is 56.0 Å². The molecule has 3 nitrogen and oxygen atoms in total. The Labute approximate surface area is 83.9 Å². The van der Waals surface area contributed by atoms with E-state index in [9.17, 15) is 13.6 Å². The van der Waals surface area contributed by atoms with Crippen molar-refractivity contribution in [1.29, 1.82) is 0 Å². The minimum absolute atomic E-state index is 0.103. The first-order valence-corrected chi connectivity index (χ1v) is 4.21. The summed E-state index contributed by atoms with van der Waals surface area (Å²) in [5.41, 5.74) is 4.49. The molecule has 1 rings (SSSR count). The van der Waals surface area contributed by atoms with Crippen LogP contribution in [0.1, 0.15) is 28.0 Å². The fourth-order valence-corrected chi connectivity index (χ4v) is 1.29. The Morgan fingerprint density at radius 1 is 1.64 bits per heavy atom. The van der Waals surface area contributed by atoms with Gasteiger partial charge in [0.25, 0.3) is 6.43 Å². The zero-order chi connectivity index (χ0) is 10.7. The van der Waals surface area contributed by atoms with Gasteiger partial charge in [-0.25, -0.2) is 8.78 Å². The molecule has 0 aliphatic rings. The number of aldehydes is 1. The third-order valence-corrected chi connectivity index (χ3v) is 1.99. The minimum atomic E-state index is -2.81. The van der Waals surface area contributed by atoms with Gasteiger partial charge in [-0.15, -0.1) is 11.6 Å². The normalized spacial score (nSPS) is 10.6. The molecule has 0 saturated carbocycles.